The smallest absolute Gasteiger partial charge is 0.268 e. The molecular formula is C21H25NO6S. The van der Waals surface area contributed by atoms with Gasteiger partial charge in [-0.15, -0.1) is 0 Å². The molecule has 0 unspecified atom stereocenters. The molecule has 8 heteroatoms. The third-order valence-electron chi connectivity index (χ3n) is 4.39. The van der Waals surface area contributed by atoms with Crippen molar-refractivity contribution in [2.24, 2.45) is 0 Å². The van der Waals surface area contributed by atoms with E-state index in [1.54, 1.807) is 0 Å². The van der Waals surface area contributed by atoms with Gasteiger partial charge in [-0.2, -0.15) is 0 Å². The Morgan fingerprint density at radius 1 is 1.03 bits per heavy atom. The molecule has 2 rings (SSSR count). The Morgan fingerprint density at radius 2 is 1.72 bits per heavy atom. The van der Waals surface area contributed by atoms with Gasteiger partial charge in [-0.05, 0) is 43.4 Å². The fourth-order valence-electron chi connectivity index (χ4n) is 2.87. The number of benzene rings is 2. The molecule has 7 nitrogen and oxygen atoms in total. The minimum atomic E-state index is -3.96. The van der Waals surface area contributed by atoms with Crippen molar-refractivity contribution >= 4 is 15.7 Å². The van der Waals surface area contributed by atoms with E-state index in [9.17, 15) is 13.2 Å². The van der Waals surface area contributed by atoms with Crippen LogP contribution in [0.4, 0.5) is 0 Å². The fourth-order valence-corrected chi connectivity index (χ4v) is 4.36. The summed E-state index contributed by atoms with van der Waals surface area (Å²) in [5.74, 6) is -0.233. The molecule has 0 spiro atoms. The number of carbonyl (C=O) groups excluding carboxylic acids is 1. The molecule has 2 aromatic rings. The van der Waals surface area contributed by atoms with Crippen molar-refractivity contribution in [3.8, 4) is 11.5 Å². The van der Waals surface area contributed by atoms with Crippen LogP contribution in [0.5, 0.6) is 11.5 Å². The van der Waals surface area contributed by atoms with Crippen LogP contribution in [0, 0.1) is 0 Å². The van der Waals surface area contributed by atoms with Gasteiger partial charge in [0.2, 0.25) is 9.84 Å². The number of unbranched alkanes of at least 4 members (excludes halogenated alkanes) is 1. The molecule has 156 valence electrons. The lowest BCUT2D eigenvalue weighted by molar-refractivity contribution is -0.124. The summed E-state index contributed by atoms with van der Waals surface area (Å²) < 4.78 is 36.5. The number of allylic oxidation sites excluding steroid dienone is 1. The van der Waals surface area contributed by atoms with E-state index < -0.39 is 15.7 Å². The highest BCUT2D eigenvalue weighted by molar-refractivity contribution is 7.95. The average Bonchev–Trinajstić information content (AvgIpc) is 2.75. The van der Waals surface area contributed by atoms with E-state index in [4.69, 9.17) is 14.7 Å². The van der Waals surface area contributed by atoms with Gasteiger partial charge >= 0.3 is 0 Å². The number of nitrogens with one attached hydrogen (secondary N) is 1. The molecule has 2 aromatic carbocycles. The van der Waals surface area contributed by atoms with Crippen LogP contribution >= 0.6 is 0 Å². The maximum atomic E-state index is 13.1. The third-order valence-corrected chi connectivity index (χ3v) is 6.28. The van der Waals surface area contributed by atoms with Crippen molar-refractivity contribution in [1.29, 1.82) is 0 Å². The molecule has 0 saturated carbocycles. The Labute approximate surface area is 170 Å². The summed E-state index contributed by atoms with van der Waals surface area (Å²) in [6.45, 7) is 0. The zero-order valence-electron chi connectivity index (χ0n) is 16.4. The highest BCUT2D eigenvalue weighted by Crippen LogP contribution is 2.32. The van der Waals surface area contributed by atoms with Gasteiger partial charge in [-0.25, -0.2) is 13.9 Å². The number of ether oxygens (including phenoxy) is 2. The van der Waals surface area contributed by atoms with Crippen LogP contribution in [0.1, 0.15) is 24.8 Å². The van der Waals surface area contributed by atoms with E-state index in [1.165, 1.54) is 37.9 Å². The van der Waals surface area contributed by atoms with Gasteiger partial charge in [0.15, 0.2) is 11.5 Å². The van der Waals surface area contributed by atoms with E-state index in [-0.39, 0.29) is 22.0 Å². The van der Waals surface area contributed by atoms with E-state index in [0.29, 0.717) is 12.2 Å². The molecule has 0 aliphatic heterocycles. The molecule has 0 aromatic heterocycles. The first-order chi connectivity index (χ1) is 13.9. The van der Waals surface area contributed by atoms with Crippen LogP contribution in [0.3, 0.4) is 0 Å². The van der Waals surface area contributed by atoms with E-state index >= 15 is 0 Å². The molecular weight excluding hydrogens is 394 g/mol. The maximum Gasteiger partial charge on any atom is 0.268 e. The Morgan fingerprint density at radius 3 is 2.34 bits per heavy atom. The number of carbonyl (C=O) groups is 1. The van der Waals surface area contributed by atoms with Crippen molar-refractivity contribution in [1.82, 2.24) is 5.48 Å². The van der Waals surface area contributed by atoms with Crippen LogP contribution in [-0.4, -0.2) is 33.8 Å². The molecule has 0 bridgehead atoms. The molecule has 29 heavy (non-hydrogen) atoms. The highest BCUT2D eigenvalue weighted by atomic mass is 32.2. The number of aryl methyl sites for hydroxylation is 1. The monoisotopic (exact) mass is 419 g/mol. The number of amides is 1. The predicted molar refractivity (Wildman–Crippen MR) is 109 cm³/mol. The van der Waals surface area contributed by atoms with Gasteiger partial charge in [0.25, 0.3) is 5.91 Å². The molecule has 0 aliphatic rings. The average molecular weight is 419 g/mol. The first kappa shape index (κ1) is 22.4. The molecule has 2 N–H and O–H groups in total. The van der Waals surface area contributed by atoms with E-state index in [1.807, 2.05) is 30.3 Å². The summed E-state index contributed by atoms with van der Waals surface area (Å²) in [5.41, 5.74) is 2.61. The molecule has 1 amide bonds. The first-order valence-corrected chi connectivity index (χ1v) is 10.6. The van der Waals surface area contributed by atoms with Crippen molar-refractivity contribution in [2.45, 2.75) is 30.6 Å². The van der Waals surface area contributed by atoms with Gasteiger partial charge in [0.1, 0.15) is 0 Å². The van der Waals surface area contributed by atoms with Crippen LogP contribution in [0.25, 0.3) is 0 Å². The van der Waals surface area contributed by atoms with E-state index in [0.717, 1.165) is 24.5 Å². The molecule has 0 heterocycles. The predicted octanol–water partition coefficient (Wildman–Crippen LogP) is 3.28. The van der Waals surface area contributed by atoms with Crippen LogP contribution in [-0.2, 0) is 21.1 Å². The lowest BCUT2D eigenvalue weighted by Crippen LogP contribution is -2.18. The molecule has 0 radical (unpaired) electrons. The van der Waals surface area contributed by atoms with Crippen LogP contribution in [0.15, 0.2) is 64.4 Å². The zero-order valence-corrected chi connectivity index (χ0v) is 17.2. The Bertz CT molecular complexity index is 954. The standard InChI is InChI=1S/C21H25NO6S/c1-27-19-13-12-18(14-20(19)28-2)29(25,26)17(15-21(23)22-24)11-7-6-10-16-8-4-3-5-9-16/h3-5,8-9,12-15,24H,6-7,10-11H2,1-2H3,(H,22,23)/b17-15+. The third kappa shape index (κ3) is 6.07. The quantitative estimate of drug-likeness (QED) is 0.265. The van der Waals surface area contributed by atoms with Crippen LogP contribution in [0.2, 0.25) is 0 Å². The number of hydroxylamine groups is 1. The number of hydrogen-bond acceptors (Lipinski definition) is 6. The number of hydrogen-bond donors (Lipinski definition) is 2. The summed E-state index contributed by atoms with van der Waals surface area (Å²) in [6.07, 6.45) is 3.19. The lowest BCUT2D eigenvalue weighted by atomic mass is 10.1. The summed E-state index contributed by atoms with van der Waals surface area (Å²) in [5, 5.41) is 8.82. The largest absolute Gasteiger partial charge is 0.493 e. The molecule has 0 saturated heterocycles. The van der Waals surface area contributed by atoms with Gasteiger partial charge < -0.3 is 9.47 Å². The second-order valence-corrected chi connectivity index (χ2v) is 8.30. The number of sulfone groups is 1. The van der Waals surface area contributed by atoms with Gasteiger partial charge in [0.05, 0.1) is 24.0 Å². The summed E-state index contributed by atoms with van der Waals surface area (Å²) >= 11 is 0. The Balaban J connectivity index is 2.21. The zero-order chi connectivity index (χ0) is 21.3. The second kappa shape index (κ2) is 10.6. The summed E-state index contributed by atoms with van der Waals surface area (Å²) in [4.78, 5) is 11.5. The van der Waals surface area contributed by atoms with Crippen molar-refractivity contribution < 1.29 is 27.9 Å². The van der Waals surface area contributed by atoms with Crippen molar-refractivity contribution in [3.05, 3.63) is 65.1 Å². The van der Waals surface area contributed by atoms with Gasteiger partial charge in [-0.3, -0.25) is 10.0 Å². The van der Waals surface area contributed by atoms with Crippen LogP contribution < -0.4 is 15.0 Å². The molecule has 0 aliphatic carbocycles. The van der Waals surface area contributed by atoms with Crippen molar-refractivity contribution in [2.75, 3.05) is 14.2 Å². The second-order valence-electron chi connectivity index (χ2n) is 6.30. The highest BCUT2D eigenvalue weighted by Gasteiger charge is 2.23. The fraction of sp³-hybridized carbons (Fsp3) is 0.286. The number of rotatable bonds is 10. The van der Waals surface area contributed by atoms with Gasteiger partial charge in [0, 0.05) is 12.1 Å². The minimum absolute atomic E-state index is 0.0183. The minimum Gasteiger partial charge on any atom is -0.493 e. The first-order valence-electron chi connectivity index (χ1n) is 9.08. The van der Waals surface area contributed by atoms with Crippen molar-refractivity contribution in [3.63, 3.8) is 0 Å². The summed E-state index contributed by atoms with van der Waals surface area (Å²) in [6, 6.07) is 14.1. The van der Waals surface area contributed by atoms with Gasteiger partial charge in [-0.1, -0.05) is 30.3 Å². The lowest BCUT2D eigenvalue weighted by Gasteiger charge is -2.12. The maximum absolute atomic E-state index is 13.1. The molecule has 0 fully saturated rings. The number of methoxy groups -OCH3 is 2. The van der Waals surface area contributed by atoms with E-state index in [2.05, 4.69) is 0 Å². The Kier molecular flexibility index (Phi) is 8.23. The molecule has 0 atom stereocenters. The Hall–Kier alpha value is -2.84. The topological polar surface area (TPSA) is 102 Å². The SMILES string of the molecule is COc1ccc(S(=O)(=O)/C(=C/C(=O)NO)CCCCc2ccccc2)cc1OC. The normalized spacial score (nSPS) is 11.8. The summed E-state index contributed by atoms with van der Waals surface area (Å²) in [7, 11) is -1.09.